The first-order valence-electron chi connectivity index (χ1n) is 16.8. The lowest BCUT2D eigenvalue weighted by molar-refractivity contribution is 1.16. The highest BCUT2D eigenvalue weighted by Gasteiger charge is 2.25. The lowest BCUT2D eigenvalue weighted by Crippen LogP contribution is -1.97. The largest absolute Gasteiger partial charge is 0.309 e. The highest BCUT2D eigenvalue weighted by Crippen LogP contribution is 2.46. The lowest BCUT2D eigenvalue weighted by atomic mass is 10.0. The molecule has 0 saturated carbocycles. The molecule has 0 saturated heterocycles. The van der Waals surface area contributed by atoms with Crippen molar-refractivity contribution in [1.29, 1.82) is 5.26 Å². The van der Waals surface area contributed by atoms with Crippen LogP contribution >= 0.6 is 0 Å². The van der Waals surface area contributed by atoms with Crippen LogP contribution in [-0.4, -0.2) is 27.0 Å². The van der Waals surface area contributed by atoms with Crippen LogP contribution in [0.5, 0.6) is 0 Å². The third kappa shape index (κ3) is 3.85. The smallest absolute Gasteiger partial charge is 0.101 e. The van der Waals surface area contributed by atoms with Crippen LogP contribution in [0.1, 0.15) is 11.1 Å². The molecule has 7 aromatic carbocycles. The van der Waals surface area contributed by atoms with Crippen molar-refractivity contribution in [3.63, 3.8) is 0 Å². The normalized spacial score (nSPS) is 12.0. The van der Waals surface area contributed by atoms with Gasteiger partial charge < -0.3 is 13.7 Å². The number of para-hydroxylation sites is 4. The molecule has 0 aliphatic carbocycles. The molecule has 0 N–H and O–H groups in total. The van der Waals surface area contributed by atoms with Gasteiger partial charge in [0, 0.05) is 57.0 Å². The number of hydrogen-bond donors (Lipinski definition) is 0. The van der Waals surface area contributed by atoms with Crippen molar-refractivity contribution in [1.82, 2.24) is 13.7 Å². The Kier molecular flexibility index (Phi) is 6.09. The molecule has 0 radical (unpaired) electrons. The number of aliphatic imine (C=N–C) groups is 1. The predicted molar refractivity (Wildman–Crippen MR) is 208 cm³/mol. The third-order valence-corrected chi connectivity index (χ3v) is 10.0. The summed E-state index contributed by atoms with van der Waals surface area (Å²) in [6.45, 7) is 0. The van der Waals surface area contributed by atoms with Gasteiger partial charge in [-0.15, -0.1) is 0 Å². The molecule has 3 heterocycles. The third-order valence-electron chi connectivity index (χ3n) is 10.0. The summed E-state index contributed by atoms with van der Waals surface area (Å²) in [5.41, 5.74) is 11.5. The van der Waals surface area contributed by atoms with E-state index in [1.165, 1.54) is 21.5 Å². The molecule has 5 nitrogen and oxygen atoms in total. The van der Waals surface area contributed by atoms with E-state index in [1.807, 2.05) is 37.5 Å². The number of nitriles is 1. The Morgan fingerprint density at radius 3 is 1.76 bits per heavy atom. The quantitative estimate of drug-likeness (QED) is 0.177. The van der Waals surface area contributed by atoms with Gasteiger partial charge in [-0.05, 0) is 72.3 Å². The fourth-order valence-electron chi connectivity index (χ4n) is 8.11. The Labute approximate surface area is 287 Å². The summed E-state index contributed by atoms with van der Waals surface area (Å²) in [5, 5.41) is 17.2. The van der Waals surface area contributed by atoms with E-state index >= 15 is 0 Å². The number of fused-ring (bicyclic) bond motifs is 11. The molecular weight excluding hydrogens is 611 g/mol. The van der Waals surface area contributed by atoms with Crippen molar-refractivity contribution in [3.8, 4) is 23.1 Å². The Morgan fingerprint density at radius 2 is 1.06 bits per heavy atom. The first-order valence-corrected chi connectivity index (χ1v) is 16.8. The standard InChI is InChI=1S/C45H29N5/c1-47-28-29-20-23-39-36(26-29)43-40(48(39)31-13-4-2-5-14-31)24-21-34-33-22-25-41-42(44(33)49(45(34)43)32-15-6-3-7-16-32)35-17-9-11-19-38(35)50(41)37-18-10-8-12-30(37)27-46/h2-26,28H,1H3. The van der Waals surface area contributed by atoms with Crippen LogP contribution in [0.2, 0.25) is 0 Å². The molecule has 0 bridgehead atoms. The second-order valence-corrected chi connectivity index (χ2v) is 12.7. The van der Waals surface area contributed by atoms with Gasteiger partial charge in [0.25, 0.3) is 0 Å². The molecule has 5 heteroatoms. The van der Waals surface area contributed by atoms with Crippen molar-refractivity contribution in [2.75, 3.05) is 7.05 Å². The first-order chi connectivity index (χ1) is 24.8. The number of benzene rings is 7. The molecule has 10 aromatic rings. The van der Waals surface area contributed by atoms with E-state index in [1.54, 1.807) is 0 Å². The monoisotopic (exact) mass is 639 g/mol. The zero-order valence-electron chi connectivity index (χ0n) is 27.2. The molecule has 0 spiro atoms. The van der Waals surface area contributed by atoms with Crippen LogP contribution in [0.25, 0.3) is 82.5 Å². The van der Waals surface area contributed by atoms with Gasteiger partial charge in [-0.3, -0.25) is 4.99 Å². The van der Waals surface area contributed by atoms with E-state index in [-0.39, 0.29) is 0 Å². The minimum atomic E-state index is 0.640. The van der Waals surface area contributed by atoms with Crippen LogP contribution in [-0.2, 0) is 0 Å². The minimum Gasteiger partial charge on any atom is -0.309 e. The van der Waals surface area contributed by atoms with Crippen molar-refractivity contribution in [2.24, 2.45) is 4.99 Å². The molecule has 0 aliphatic heterocycles. The van der Waals surface area contributed by atoms with Crippen LogP contribution in [0, 0.1) is 11.3 Å². The second-order valence-electron chi connectivity index (χ2n) is 12.7. The fraction of sp³-hybridized carbons (Fsp3) is 0.0222. The maximum absolute atomic E-state index is 10.2. The summed E-state index contributed by atoms with van der Waals surface area (Å²) >= 11 is 0. The van der Waals surface area contributed by atoms with Gasteiger partial charge in [0.1, 0.15) is 6.07 Å². The Bertz CT molecular complexity index is 3040. The minimum absolute atomic E-state index is 0.640. The lowest BCUT2D eigenvalue weighted by Gasteiger charge is -2.11. The van der Waals surface area contributed by atoms with Crippen molar-refractivity contribution in [2.45, 2.75) is 0 Å². The molecular formula is C45H29N5. The maximum atomic E-state index is 10.2. The number of aromatic nitrogens is 3. The number of hydrogen-bond acceptors (Lipinski definition) is 2. The highest BCUT2D eigenvalue weighted by atomic mass is 15.0. The van der Waals surface area contributed by atoms with E-state index in [9.17, 15) is 5.26 Å². The topological polar surface area (TPSA) is 50.9 Å². The molecule has 50 heavy (non-hydrogen) atoms. The van der Waals surface area contributed by atoms with Crippen LogP contribution < -0.4 is 0 Å². The molecule has 3 aromatic heterocycles. The van der Waals surface area contributed by atoms with Gasteiger partial charge in [-0.1, -0.05) is 84.9 Å². The molecule has 0 atom stereocenters. The fourth-order valence-corrected chi connectivity index (χ4v) is 8.11. The highest BCUT2D eigenvalue weighted by molar-refractivity contribution is 6.31. The Hall–Kier alpha value is -6.90. The van der Waals surface area contributed by atoms with E-state index in [0.717, 1.165) is 66.5 Å². The van der Waals surface area contributed by atoms with Crippen molar-refractivity contribution >= 4 is 71.6 Å². The zero-order valence-corrected chi connectivity index (χ0v) is 27.2. The number of rotatable bonds is 4. The molecule has 0 aliphatic rings. The van der Waals surface area contributed by atoms with Gasteiger partial charge in [0.05, 0.1) is 44.4 Å². The predicted octanol–water partition coefficient (Wildman–Crippen LogP) is 10.9. The van der Waals surface area contributed by atoms with Crippen LogP contribution in [0.15, 0.2) is 157 Å². The Balaban J connectivity index is 1.47. The first kappa shape index (κ1) is 28.1. The van der Waals surface area contributed by atoms with Gasteiger partial charge >= 0.3 is 0 Å². The van der Waals surface area contributed by atoms with Crippen molar-refractivity contribution < 1.29 is 0 Å². The summed E-state index contributed by atoms with van der Waals surface area (Å²) in [6.07, 6.45) is 1.93. The van der Waals surface area contributed by atoms with Gasteiger partial charge in [0.2, 0.25) is 0 Å². The number of nitrogens with zero attached hydrogens (tertiary/aromatic N) is 5. The molecule has 0 unspecified atom stereocenters. The van der Waals surface area contributed by atoms with Crippen LogP contribution in [0.4, 0.5) is 0 Å². The summed E-state index contributed by atoms with van der Waals surface area (Å²) < 4.78 is 7.10. The zero-order chi connectivity index (χ0) is 33.3. The summed E-state index contributed by atoms with van der Waals surface area (Å²) in [5.74, 6) is 0. The van der Waals surface area contributed by atoms with E-state index in [0.29, 0.717) is 5.56 Å². The van der Waals surface area contributed by atoms with E-state index in [4.69, 9.17) is 0 Å². The van der Waals surface area contributed by atoms with Crippen LogP contribution in [0.3, 0.4) is 0 Å². The maximum Gasteiger partial charge on any atom is 0.101 e. The van der Waals surface area contributed by atoms with E-state index < -0.39 is 0 Å². The molecule has 0 amide bonds. The Morgan fingerprint density at radius 1 is 0.500 bits per heavy atom. The summed E-state index contributed by atoms with van der Waals surface area (Å²) in [7, 11) is 1.82. The van der Waals surface area contributed by atoms with Crippen molar-refractivity contribution in [3.05, 3.63) is 163 Å². The van der Waals surface area contributed by atoms with Gasteiger partial charge in [0.15, 0.2) is 0 Å². The summed E-state index contributed by atoms with van der Waals surface area (Å²) in [6, 6.07) is 55.9. The molecule has 0 fully saturated rings. The second kappa shape index (κ2) is 10.8. The van der Waals surface area contributed by atoms with E-state index in [2.05, 4.69) is 152 Å². The summed E-state index contributed by atoms with van der Waals surface area (Å²) in [4.78, 5) is 4.36. The molecule has 10 rings (SSSR count). The van der Waals surface area contributed by atoms with Gasteiger partial charge in [-0.2, -0.15) is 5.26 Å². The SMILES string of the molecule is CN=Cc1ccc2c(c1)c1c(ccc3c4ccc5c(c6ccccc6n5-c5ccccc5C#N)c4n(-c4ccccc4)c31)n2-c1ccccc1. The van der Waals surface area contributed by atoms with Gasteiger partial charge in [-0.25, -0.2) is 0 Å². The average molecular weight is 640 g/mol. The average Bonchev–Trinajstić information content (AvgIpc) is 3.81. The molecule has 234 valence electrons.